The Bertz CT molecular complexity index is 1140. The summed E-state index contributed by atoms with van der Waals surface area (Å²) in [4.78, 5) is 34.1. The smallest absolute Gasteiger partial charge is 0.291 e. The molecule has 8 nitrogen and oxygen atoms in total. The molecule has 0 bridgehead atoms. The zero-order chi connectivity index (χ0) is 21.2. The van der Waals surface area contributed by atoms with Crippen molar-refractivity contribution in [3.05, 3.63) is 59.9 Å². The van der Waals surface area contributed by atoms with Gasteiger partial charge in [-0.1, -0.05) is 0 Å². The zero-order valence-electron chi connectivity index (χ0n) is 15.9. The molecule has 2 amide bonds. The van der Waals surface area contributed by atoms with Crippen LogP contribution in [0.5, 0.6) is 0 Å². The van der Waals surface area contributed by atoms with Crippen molar-refractivity contribution in [1.29, 1.82) is 0 Å². The summed E-state index contributed by atoms with van der Waals surface area (Å²) in [5, 5.41) is 2.11. The van der Waals surface area contributed by atoms with Crippen LogP contribution in [-0.2, 0) is 14.8 Å². The third kappa shape index (κ3) is 4.49. The number of rotatable bonds is 5. The van der Waals surface area contributed by atoms with Gasteiger partial charge in [0.05, 0.1) is 11.9 Å². The molecule has 0 spiro atoms. The molecule has 1 aromatic carbocycles. The number of hydrogen-bond acceptors (Lipinski definition) is 7. The summed E-state index contributed by atoms with van der Waals surface area (Å²) in [7, 11) is -2.31. The van der Waals surface area contributed by atoms with E-state index in [0.717, 1.165) is 11.8 Å². The van der Waals surface area contributed by atoms with Crippen molar-refractivity contribution in [3.8, 4) is 10.6 Å². The summed E-state index contributed by atoms with van der Waals surface area (Å²) in [6.45, 7) is 1.42. The summed E-state index contributed by atoms with van der Waals surface area (Å²) >= 11 is 1.24. The van der Waals surface area contributed by atoms with Gasteiger partial charge >= 0.3 is 0 Å². The Morgan fingerprint density at radius 1 is 1.00 bits per heavy atom. The van der Waals surface area contributed by atoms with E-state index >= 15 is 0 Å². The first kappa shape index (κ1) is 20.6. The number of amides is 2. The van der Waals surface area contributed by atoms with Gasteiger partial charge in [0.15, 0.2) is 0 Å². The molecule has 0 radical (unpaired) electrons. The van der Waals surface area contributed by atoms with Gasteiger partial charge in [-0.3, -0.25) is 14.6 Å². The van der Waals surface area contributed by atoms with Gasteiger partial charge in [0.1, 0.15) is 10.7 Å². The predicted molar refractivity (Wildman–Crippen MR) is 113 cm³/mol. The van der Waals surface area contributed by atoms with Crippen LogP contribution in [0.15, 0.2) is 54.2 Å². The van der Waals surface area contributed by atoms with Crippen LogP contribution in [0.3, 0.4) is 0 Å². The van der Waals surface area contributed by atoms with E-state index in [2.05, 4.69) is 9.97 Å². The van der Waals surface area contributed by atoms with Crippen molar-refractivity contribution in [2.24, 2.45) is 0 Å². The second kappa shape index (κ2) is 8.10. The van der Waals surface area contributed by atoms with Crippen LogP contribution in [-0.4, -0.2) is 43.5 Å². The van der Waals surface area contributed by atoms with Crippen LogP contribution >= 0.6 is 11.3 Å². The fraction of sp³-hybridized carbons (Fsp3) is 0.158. The van der Waals surface area contributed by atoms with Gasteiger partial charge in [-0.15, -0.1) is 11.3 Å². The average Bonchev–Trinajstić information content (AvgIpc) is 3.18. The standard InChI is InChI=1S/C19H18N4O4S2/c1-13(24)22(2)15-4-6-16(7-5-15)23(29(3,26)27)19(25)17-12-28-18(21-17)14-8-10-20-11-9-14/h4-12H,1-3H3. The van der Waals surface area contributed by atoms with E-state index in [1.807, 2.05) is 0 Å². The van der Waals surface area contributed by atoms with E-state index in [4.69, 9.17) is 0 Å². The number of thiazole rings is 1. The number of hydrogen-bond donors (Lipinski definition) is 0. The van der Waals surface area contributed by atoms with E-state index in [0.29, 0.717) is 15.0 Å². The summed E-state index contributed by atoms with van der Waals surface area (Å²) in [6, 6.07) is 9.61. The summed E-state index contributed by atoms with van der Waals surface area (Å²) in [6.07, 6.45) is 4.18. The molecule has 10 heteroatoms. The number of carbonyl (C=O) groups excluding carboxylic acids is 2. The van der Waals surface area contributed by atoms with E-state index in [9.17, 15) is 18.0 Å². The van der Waals surface area contributed by atoms with Crippen molar-refractivity contribution in [2.75, 3.05) is 22.5 Å². The molecule has 0 saturated carbocycles. The molecule has 0 aliphatic carbocycles. The lowest BCUT2D eigenvalue weighted by molar-refractivity contribution is -0.116. The molecule has 3 aromatic rings. The Labute approximate surface area is 172 Å². The van der Waals surface area contributed by atoms with Crippen LogP contribution in [0.4, 0.5) is 11.4 Å². The summed E-state index contributed by atoms with van der Waals surface area (Å²) in [5.41, 5.74) is 1.55. The van der Waals surface area contributed by atoms with E-state index in [1.54, 1.807) is 43.7 Å². The highest BCUT2D eigenvalue weighted by atomic mass is 32.2. The molecular weight excluding hydrogens is 412 g/mol. The molecule has 3 rings (SSSR count). The topological polar surface area (TPSA) is 101 Å². The highest BCUT2D eigenvalue weighted by molar-refractivity contribution is 7.92. The Balaban J connectivity index is 1.95. The Morgan fingerprint density at radius 3 is 2.14 bits per heavy atom. The monoisotopic (exact) mass is 430 g/mol. The fourth-order valence-corrected chi connectivity index (χ4v) is 4.26. The number of nitrogens with zero attached hydrogens (tertiary/aromatic N) is 4. The Kier molecular flexibility index (Phi) is 5.76. The number of sulfonamides is 1. The highest BCUT2D eigenvalue weighted by Gasteiger charge is 2.28. The molecule has 0 N–H and O–H groups in total. The third-order valence-electron chi connectivity index (χ3n) is 4.11. The van der Waals surface area contributed by atoms with Crippen LogP contribution in [0.25, 0.3) is 10.6 Å². The van der Waals surface area contributed by atoms with Crippen molar-refractivity contribution in [1.82, 2.24) is 9.97 Å². The molecule has 0 unspecified atom stereocenters. The molecule has 29 heavy (non-hydrogen) atoms. The second-order valence-corrected chi connectivity index (χ2v) is 8.89. The first-order chi connectivity index (χ1) is 13.7. The minimum Gasteiger partial charge on any atom is -0.316 e. The summed E-state index contributed by atoms with van der Waals surface area (Å²) in [5.74, 6) is -0.920. The molecule has 0 atom stereocenters. The number of pyridine rings is 1. The van der Waals surface area contributed by atoms with Gasteiger partial charge in [-0.25, -0.2) is 17.7 Å². The normalized spacial score (nSPS) is 11.1. The lowest BCUT2D eigenvalue weighted by atomic mass is 10.2. The number of aromatic nitrogens is 2. The van der Waals surface area contributed by atoms with Crippen molar-refractivity contribution >= 4 is 44.5 Å². The molecular formula is C19H18N4O4S2. The fourth-order valence-electron chi connectivity index (χ4n) is 2.56. The van der Waals surface area contributed by atoms with Crippen LogP contribution in [0, 0.1) is 0 Å². The second-order valence-electron chi connectivity index (χ2n) is 6.20. The maximum atomic E-state index is 13.0. The van der Waals surface area contributed by atoms with Gasteiger partial charge in [0, 0.05) is 43.0 Å². The lowest BCUT2D eigenvalue weighted by Crippen LogP contribution is -2.36. The number of benzene rings is 1. The zero-order valence-corrected chi connectivity index (χ0v) is 17.6. The molecule has 0 aliphatic heterocycles. The quantitative estimate of drug-likeness (QED) is 0.617. The van der Waals surface area contributed by atoms with Gasteiger partial charge in [0.2, 0.25) is 15.9 Å². The van der Waals surface area contributed by atoms with E-state index in [-0.39, 0.29) is 17.3 Å². The number of anilines is 2. The molecule has 150 valence electrons. The minimum absolute atomic E-state index is 0.0252. The maximum absolute atomic E-state index is 13.0. The third-order valence-corrected chi connectivity index (χ3v) is 6.04. The molecule has 0 saturated heterocycles. The first-order valence-corrected chi connectivity index (χ1v) is 11.2. The van der Waals surface area contributed by atoms with Gasteiger partial charge in [0.25, 0.3) is 5.91 Å². The first-order valence-electron chi connectivity index (χ1n) is 8.43. The Morgan fingerprint density at radius 2 is 1.59 bits per heavy atom. The van der Waals surface area contributed by atoms with Crippen molar-refractivity contribution < 1.29 is 18.0 Å². The van der Waals surface area contributed by atoms with Crippen molar-refractivity contribution in [2.45, 2.75) is 6.92 Å². The van der Waals surface area contributed by atoms with Gasteiger partial charge in [-0.2, -0.15) is 0 Å². The van der Waals surface area contributed by atoms with Crippen molar-refractivity contribution in [3.63, 3.8) is 0 Å². The lowest BCUT2D eigenvalue weighted by Gasteiger charge is -2.21. The van der Waals surface area contributed by atoms with Crippen LogP contribution in [0.1, 0.15) is 17.4 Å². The minimum atomic E-state index is -3.91. The van der Waals surface area contributed by atoms with Gasteiger partial charge in [-0.05, 0) is 36.4 Å². The van der Waals surface area contributed by atoms with E-state index < -0.39 is 15.9 Å². The predicted octanol–water partition coefficient (Wildman–Crippen LogP) is 2.79. The Hall–Kier alpha value is -3.11. The maximum Gasteiger partial charge on any atom is 0.291 e. The molecule has 2 aromatic heterocycles. The number of carbonyl (C=O) groups is 2. The van der Waals surface area contributed by atoms with E-state index in [1.165, 1.54) is 40.7 Å². The van der Waals surface area contributed by atoms with Gasteiger partial charge < -0.3 is 4.90 Å². The largest absolute Gasteiger partial charge is 0.316 e. The highest BCUT2D eigenvalue weighted by Crippen LogP contribution is 2.27. The van der Waals surface area contributed by atoms with Crippen LogP contribution in [0.2, 0.25) is 0 Å². The molecule has 0 fully saturated rings. The SMILES string of the molecule is CC(=O)N(C)c1ccc(N(C(=O)c2csc(-c3ccncc3)n2)S(C)(=O)=O)cc1. The average molecular weight is 431 g/mol. The van der Waals surface area contributed by atoms with Crippen LogP contribution < -0.4 is 9.21 Å². The molecule has 2 heterocycles. The molecule has 0 aliphatic rings. The summed E-state index contributed by atoms with van der Waals surface area (Å²) < 4.78 is 25.4.